The van der Waals surface area contributed by atoms with Gasteiger partial charge in [-0.2, -0.15) is 0 Å². The molecule has 126 valence electrons. The summed E-state index contributed by atoms with van der Waals surface area (Å²) in [5, 5.41) is 2.96. The van der Waals surface area contributed by atoms with E-state index in [4.69, 9.17) is 14.2 Å². The maximum atomic E-state index is 12.1. The molecule has 1 N–H and O–H groups in total. The lowest BCUT2D eigenvalue weighted by Gasteiger charge is -2.20. The molecule has 5 heteroatoms. The van der Waals surface area contributed by atoms with Crippen LogP contribution in [0.1, 0.15) is 16.7 Å². The molecule has 24 heavy (non-hydrogen) atoms. The lowest BCUT2D eigenvalue weighted by atomic mass is 10.1. The Morgan fingerprint density at radius 1 is 1.12 bits per heavy atom. The van der Waals surface area contributed by atoms with Crippen molar-refractivity contribution in [3.05, 3.63) is 53.1 Å². The fourth-order valence-electron chi connectivity index (χ4n) is 2.61. The van der Waals surface area contributed by atoms with E-state index >= 15 is 0 Å². The average Bonchev–Trinajstić information content (AvgIpc) is 2.60. The Morgan fingerprint density at radius 2 is 1.79 bits per heavy atom. The summed E-state index contributed by atoms with van der Waals surface area (Å²) >= 11 is 0. The molecule has 0 saturated heterocycles. The van der Waals surface area contributed by atoms with Gasteiger partial charge in [0.15, 0.2) is 11.5 Å². The van der Waals surface area contributed by atoms with Crippen LogP contribution in [0.5, 0.6) is 17.2 Å². The van der Waals surface area contributed by atoms with Gasteiger partial charge in [0, 0.05) is 6.54 Å². The van der Waals surface area contributed by atoms with Gasteiger partial charge in [-0.05, 0) is 47.9 Å². The first-order valence-electron chi connectivity index (χ1n) is 7.94. The van der Waals surface area contributed by atoms with Crippen LogP contribution in [0.2, 0.25) is 0 Å². The number of fused-ring (bicyclic) bond motifs is 1. The molecule has 0 unspecified atom stereocenters. The van der Waals surface area contributed by atoms with E-state index in [2.05, 4.69) is 5.32 Å². The Hall–Kier alpha value is -2.69. The van der Waals surface area contributed by atoms with Gasteiger partial charge in [0.1, 0.15) is 19.0 Å². The third-order valence-corrected chi connectivity index (χ3v) is 4.00. The molecule has 2 aromatic rings. The van der Waals surface area contributed by atoms with E-state index in [1.54, 1.807) is 7.11 Å². The quantitative estimate of drug-likeness (QED) is 0.917. The van der Waals surface area contributed by atoms with E-state index in [1.807, 2.05) is 43.3 Å². The number of nitrogens with one attached hydrogen (secondary N) is 1. The van der Waals surface area contributed by atoms with Gasteiger partial charge in [-0.25, -0.2) is 0 Å². The van der Waals surface area contributed by atoms with Crippen molar-refractivity contribution in [2.45, 2.75) is 19.9 Å². The van der Waals surface area contributed by atoms with Gasteiger partial charge in [-0.3, -0.25) is 4.79 Å². The number of rotatable bonds is 5. The van der Waals surface area contributed by atoms with Gasteiger partial charge in [0.2, 0.25) is 5.91 Å². The molecule has 1 amide bonds. The number of carbonyl (C=O) groups is 1. The van der Waals surface area contributed by atoms with E-state index < -0.39 is 0 Å². The number of hydrogen-bond acceptors (Lipinski definition) is 4. The molecule has 1 aliphatic rings. The van der Waals surface area contributed by atoms with E-state index in [-0.39, 0.29) is 5.91 Å². The van der Waals surface area contributed by atoms with Crippen LogP contribution in [-0.4, -0.2) is 26.2 Å². The molecule has 0 atom stereocenters. The van der Waals surface area contributed by atoms with Gasteiger partial charge in [-0.1, -0.05) is 12.1 Å². The minimum absolute atomic E-state index is 0.0190. The van der Waals surface area contributed by atoms with Crippen molar-refractivity contribution in [3.8, 4) is 17.2 Å². The predicted octanol–water partition coefficient (Wildman–Crippen LogP) is 2.63. The minimum atomic E-state index is -0.0190. The molecular formula is C19H21NO4. The molecule has 0 fully saturated rings. The highest BCUT2D eigenvalue weighted by Gasteiger charge is 2.14. The molecular weight excluding hydrogens is 306 g/mol. The molecule has 0 radical (unpaired) electrons. The van der Waals surface area contributed by atoms with E-state index in [0.29, 0.717) is 26.2 Å². The van der Waals surface area contributed by atoms with Gasteiger partial charge in [0.25, 0.3) is 0 Å². The van der Waals surface area contributed by atoms with Crippen LogP contribution in [0.4, 0.5) is 0 Å². The molecule has 3 rings (SSSR count). The molecule has 2 aromatic carbocycles. The van der Waals surface area contributed by atoms with Crippen molar-refractivity contribution in [1.82, 2.24) is 5.32 Å². The van der Waals surface area contributed by atoms with Crippen LogP contribution in [0.15, 0.2) is 36.4 Å². The van der Waals surface area contributed by atoms with Crippen LogP contribution in [0, 0.1) is 6.92 Å². The number of ether oxygens (including phenoxy) is 3. The second kappa shape index (κ2) is 7.25. The molecule has 1 heterocycles. The van der Waals surface area contributed by atoms with Crippen LogP contribution < -0.4 is 19.5 Å². The summed E-state index contributed by atoms with van der Waals surface area (Å²) in [5.74, 6) is 2.28. The Morgan fingerprint density at radius 3 is 2.46 bits per heavy atom. The molecule has 0 saturated carbocycles. The largest absolute Gasteiger partial charge is 0.497 e. The Kier molecular flexibility index (Phi) is 4.89. The molecule has 0 bridgehead atoms. The third-order valence-electron chi connectivity index (χ3n) is 4.00. The zero-order chi connectivity index (χ0) is 16.9. The van der Waals surface area contributed by atoms with Crippen LogP contribution in [0.3, 0.4) is 0 Å². The predicted molar refractivity (Wildman–Crippen MR) is 90.7 cm³/mol. The van der Waals surface area contributed by atoms with E-state index in [9.17, 15) is 4.79 Å². The Bertz CT molecular complexity index is 725. The fraction of sp³-hybridized carbons (Fsp3) is 0.316. The van der Waals surface area contributed by atoms with Crippen molar-refractivity contribution in [2.24, 2.45) is 0 Å². The Labute approximate surface area is 141 Å². The van der Waals surface area contributed by atoms with E-state index in [0.717, 1.165) is 33.9 Å². The SMILES string of the molecule is COc1ccc(CC(=O)NCc2cc3c(cc2C)OCCO3)cc1. The lowest BCUT2D eigenvalue weighted by Crippen LogP contribution is -2.25. The van der Waals surface area contributed by atoms with Crippen molar-refractivity contribution in [3.63, 3.8) is 0 Å². The highest BCUT2D eigenvalue weighted by molar-refractivity contribution is 5.78. The second-order valence-corrected chi connectivity index (χ2v) is 5.72. The van der Waals surface area contributed by atoms with Crippen LogP contribution in [-0.2, 0) is 17.8 Å². The number of benzene rings is 2. The summed E-state index contributed by atoms with van der Waals surface area (Å²) in [4.78, 5) is 12.1. The second-order valence-electron chi connectivity index (χ2n) is 5.72. The smallest absolute Gasteiger partial charge is 0.224 e. The maximum absolute atomic E-state index is 12.1. The molecule has 0 aliphatic carbocycles. The van der Waals surface area contributed by atoms with Crippen molar-refractivity contribution in [2.75, 3.05) is 20.3 Å². The topological polar surface area (TPSA) is 56.8 Å². The minimum Gasteiger partial charge on any atom is -0.497 e. The first-order chi connectivity index (χ1) is 11.7. The standard InChI is InChI=1S/C19H21NO4/c1-13-9-17-18(24-8-7-23-17)11-15(13)12-20-19(21)10-14-3-5-16(22-2)6-4-14/h3-6,9,11H,7-8,10,12H2,1-2H3,(H,20,21). The van der Waals surface area contributed by atoms with Crippen LogP contribution in [0.25, 0.3) is 0 Å². The highest BCUT2D eigenvalue weighted by atomic mass is 16.6. The number of amides is 1. The van der Waals surface area contributed by atoms with Crippen molar-refractivity contribution in [1.29, 1.82) is 0 Å². The van der Waals surface area contributed by atoms with Gasteiger partial charge >= 0.3 is 0 Å². The van der Waals surface area contributed by atoms with Crippen molar-refractivity contribution >= 4 is 5.91 Å². The molecule has 0 aromatic heterocycles. The number of methoxy groups -OCH3 is 1. The summed E-state index contributed by atoms with van der Waals surface area (Å²) in [5.41, 5.74) is 3.05. The average molecular weight is 327 g/mol. The normalized spacial score (nSPS) is 12.6. The summed E-state index contributed by atoms with van der Waals surface area (Å²) in [6.07, 6.45) is 0.341. The van der Waals surface area contributed by atoms with Crippen LogP contribution >= 0.6 is 0 Å². The summed E-state index contributed by atoms with van der Waals surface area (Å²) in [6.45, 7) is 3.60. The van der Waals surface area contributed by atoms with Crippen molar-refractivity contribution < 1.29 is 19.0 Å². The van der Waals surface area contributed by atoms with Gasteiger partial charge in [-0.15, -0.1) is 0 Å². The molecule has 5 nitrogen and oxygen atoms in total. The fourth-order valence-corrected chi connectivity index (χ4v) is 2.61. The molecule has 0 spiro atoms. The van der Waals surface area contributed by atoms with Gasteiger partial charge in [0.05, 0.1) is 13.5 Å². The highest BCUT2D eigenvalue weighted by Crippen LogP contribution is 2.32. The summed E-state index contributed by atoms with van der Waals surface area (Å²) < 4.78 is 16.3. The Balaban J connectivity index is 1.59. The lowest BCUT2D eigenvalue weighted by molar-refractivity contribution is -0.120. The number of aryl methyl sites for hydroxylation is 1. The summed E-state index contributed by atoms with van der Waals surface area (Å²) in [7, 11) is 1.62. The zero-order valence-corrected chi connectivity index (χ0v) is 13.9. The monoisotopic (exact) mass is 327 g/mol. The maximum Gasteiger partial charge on any atom is 0.224 e. The first-order valence-corrected chi connectivity index (χ1v) is 7.94. The van der Waals surface area contributed by atoms with Gasteiger partial charge < -0.3 is 19.5 Å². The molecule has 1 aliphatic heterocycles. The third kappa shape index (κ3) is 3.79. The van der Waals surface area contributed by atoms with E-state index in [1.165, 1.54) is 0 Å². The summed E-state index contributed by atoms with van der Waals surface area (Å²) in [6, 6.07) is 11.4. The number of hydrogen-bond donors (Lipinski definition) is 1. The number of carbonyl (C=O) groups excluding carboxylic acids is 1. The first kappa shape index (κ1) is 16.2. The zero-order valence-electron chi connectivity index (χ0n) is 13.9.